The Morgan fingerprint density at radius 3 is 2.72 bits per heavy atom. The fraction of sp³-hybridized carbons (Fsp3) is 0.667. The van der Waals surface area contributed by atoms with E-state index in [9.17, 15) is 4.79 Å². The maximum Gasteiger partial charge on any atom is 0.303 e. The fourth-order valence-corrected chi connectivity index (χ4v) is 5.63. The fourth-order valence-electron chi connectivity index (χ4n) is 4.51. The van der Waals surface area contributed by atoms with E-state index in [0.29, 0.717) is 18.3 Å². The number of fused-ring (bicyclic) bond motifs is 1. The van der Waals surface area contributed by atoms with E-state index in [1.54, 1.807) is 17.7 Å². The molecule has 4 rings (SSSR count). The van der Waals surface area contributed by atoms with Crippen LogP contribution in [0.25, 0.3) is 10.2 Å². The molecule has 0 aromatic carbocycles. The Balaban J connectivity index is 1.48. The van der Waals surface area contributed by atoms with E-state index in [4.69, 9.17) is 14.6 Å². The van der Waals surface area contributed by atoms with Crippen LogP contribution in [0.15, 0.2) is 6.33 Å². The number of aliphatic carboxylic acids is 1. The predicted molar refractivity (Wildman–Crippen MR) is 112 cm³/mol. The minimum absolute atomic E-state index is 0.109. The first-order valence-corrected chi connectivity index (χ1v) is 11.4. The molecular formula is C21H29N3O4S. The molecule has 1 aliphatic carbocycles. The van der Waals surface area contributed by atoms with Crippen LogP contribution in [-0.4, -0.2) is 64.4 Å². The number of hydrogen-bond acceptors (Lipinski definition) is 7. The van der Waals surface area contributed by atoms with Gasteiger partial charge in [0, 0.05) is 30.4 Å². The number of carbonyl (C=O) groups is 1. The van der Waals surface area contributed by atoms with E-state index in [1.165, 1.54) is 4.88 Å². The lowest BCUT2D eigenvalue weighted by Crippen LogP contribution is -2.46. The van der Waals surface area contributed by atoms with Gasteiger partial charge in [0.05, 0.1) is 18.6 Å². The summed E-state index contributed by atoms with van der Waals surface area (Å²) in [5.41, 5.74) is 1.05. The van der Waals surface area contributed by atoms with E-state index in [-0.39, 0.29) is 12.5 Å². The summed E-state index contributed by atoms with van der Waals surface area (Å²) < 4.78 is 11.8. The SMILES string of the molecule is CCc1sc2ncnc(OC3CCC(N4CCOCC4)CC3)c2c1CCC(=O)O. The zero-order chi connectivity index (χ0) is 20.2. The van der Waals surface area contributed by atoms with Crippen LogP contribution in [0.1, 0.15) is 49.5 Å². The Kier molecular flexibility index (Phi) is 6.62. The van der Waals surface area contributed by atoms with Crippen molar-refractivity contribution in [3.8, 4) is 5.88 Å². The number of aromatic nitrogens is 2. The van der Waals surface area contributed by atoms with Crippen molar-refractivity contribution < 1.29 is 19.4 Å². The van der Waals surface area contributed by atoms with Crippen molar-refractivity contribution in [3.63, 3.8) is 0 Å². The summed E-state index contributed by atoms with van der Waals surface area (Å²) in [6.07, 6.45) is 7.48. The quantitative estimate of drug-likeness (QED) is 0.737. The first-order chi connectivity index (χ1) is 14.2. The number of carboxylic acids is 1. The Bertz CT molecular complexity index is 842. The second kappa shape index (κ2) is 9.36. The van der Waals surface area contributed by atoms with Gasteiger partial charge in [0.15, 0.2) is 0 Å². The highest BCUT2D eigenvalue weighted by Gasteiger charge is 2.29. The molecule has 0 spiro atoms. The summed E-state index contributed by atoms with van der Waals surface area (Å²) in [7, 11) is 0. The largest absolute Gasteiger partial charge is 0.481 e. The Labute approximate surface area is 175 Å². The number of carboxylic acid groups (broad SMARTS) is 1. The third-order valence-corrected chi connectivity index (χ3v) is 7.31. The molecule has 2 aromatic heterocycles. The van der Waals surface area contributed by atoms with Crippen LogP contribution < -0.4 is 4.74 Å². The molecular weight excluding hydrogens is 390 g/mol. The maximum absolute atomic E-state index is 11.1. The van der Waals surface area contributed by atoms with E-state index in [2.05, 4.69) is 21.8 Å². The summed E-state index contributed by atoms with van der Waals surface area (Å²) in [6.45, 7) is 5.84. The molecule has 0 atom stereocenters. The Morgan fingerprint density at radius 2 is 2.03 bits per heavy atom. The smallest absolute Gasteiger partial charge is 0.303 e. The van der Waals surface area contributed by atoms with Crippen molar-refractivity contribution in [3.05, 3.63) is 16.8 Å². The zero-order valence-corrected chi connectivity index (χ0v) is 17.7. The number of ether oxygens (including phenoxy) is 2. The van der Waals surface area contributed by atoms with E-state index >= 15 is 0 Å². The normalized spacial score (nSPS) is 23.3. The van der Waals surface area contributed by atoms with Gasteiger partial charge in [-0.15, -0.1) is 11.3 Å². The molecule has 0 amide bonds. The van der Waals surface area contributed by atoms with Gasteiger partial charge >= 0.3 is 5.97 Å². The van der Waals surface area contributed by atoms with Crippen LogP contribution >= 0.6 is 11.3 Å². The van der Waals surface area contributed by atoms with Gasteiger partial charge in [0.2, 0.25) is 5.88 Å². The summed E-state index contributed by atoms with van der Waals surface area (Å²) in [4.78, 5) is 24.6. The van der Waals surface area contributed by atoms with E-state index in [1.807, 2.05) is 0 Å². The van der Waals surface area contributed by atoms with Gasteiger partial charge in [-0.1, -0.05) is 6.92 Å². The second-order valence-corrected chi connectivity index (χ2v) is 8.89. The van der Waals surface area contributed by atoms with Gasteiger partial charge in [0.25, 0.3) is 0 Å². The third-order valence-electron chi connectivity index (χ3n) is 6.03. The lowest BCUT2D eigenvalue weighted by Gasteiger charge is -2.38. The molecule has 2 aliphatic rings. The van der Waals surface area contributed by atoms with Crippen LogP contribution in [0.4, 0.5) is 0 Å². The monoisotopic (exact) mass is 419 g/mol. The van der Waals surface area contributed by atoms with Crippen LogP contribution in [0.5, 0.6) is 5.88 Å². The molecule has 0 unspecified atom stereocenters. The first-order valence-electron chi connectivity index (χ1n) is 10.6. The van der Waals surface area contributed by atoms with Gasteiger partial charge in [-0.25, -0.2) is 9.97 Å². The van der Waals surface area contributed by atoms with Crippen LogP contribution in [0, 0.1) is 0 Å². The van der Waals surface area contributed by atoms with Crippen molar-refractivity contribution in [2.45, 2.75) is 64.0 Å². The lowest BCUT2D eigenvalue weighted by atomic mass is 9.91. The standard InChI is InChI=1S/C21H29N3O4S/c1-2-17-16(7-8-18(25)26)19-20(22-13-23-21(19)29-17)28-15-5-3-14(4-6-15)24-9-11-27-12-10-24/h13-15H,2-12H2,1H3,(H,25,26). The molecule has 2 fully saturated rings. The molecule has 2 aromatic rings. The number of rotatable bonds is 7. The molecule has 0 bridgehead atoms. The number of morpholine rings is 1. The molecule has 0 radical (unpaired) electrons. The lowest BCUT2D eigenvalue weighted by molar-refractivity contribution is -0.136. The Morgan fingerprint density at radius 1 is 1.28 bits per heavy atom. The molecule has 1 aliphatic heterocycles. The molecule has 3 heterocycles. The molecule has 29 heavy (non-hydrogen) atoms. The molecule has 1 N–H and O–H groups in total. The van der Waals surface area contributed by atoms with Crippen LogP contribution in [-0.2, 0) is 22.4 Å². The number of aryl methyl sites for hydroxylation is 2. The summed E-state index contributed by atoms with van der Waals surface area (Å²) in [5, 5.41) is 10.1. The average molecular weight is 420 g/mol. The highest BCUT2D eigenvalue weighted by molar-refractivity contribution is 7.18. The highest BCUT2D eigenvalue weighted by atomic mass is 32.1. The molecule has 1 saturated heterocycles. The summed E-state index contributed by atoms with van der Waals surface area (Å²) >= 11 is 1.63. The number of thiophene rings is 1. The highest BCUT2D eigenvalue weighted by Crippen LogP contribution is 2.37. The van der Waals surface area contributed by atoms with Gasteiger partial charge in [-0.05, 0) is 44.1 Å². The van der Waals surface area contributed by atoms with Gasteiger partial charge < -0.3 is 14.6 Å². The van der Waals surface area contributed by atoms with Crippen molar-refractivity contribution >= 4 is 27.5 Å². The molecule has 8 heteroatoms. The molecule has 1 saturated carbocycles. The third kappa shape index (κ3) is 4.70. The Hall–Kier alpha value is -1.77. The number of hydrogen-bond donors (Lipinski definition) is 1. The van der Waals surface area contributed by atoms with Crippen LogP contribution in [0.3, 0.4) is 0 Å². The van der Waals surface area contributed by atoms with E-state index < -0.39 is 5.97 Å². The first kappa shape index (κ1) is 20.5. The summed E-state index contributed by atoms with van der Waals surface area (Å²) in [5.74, 6) is -0.159. The predicted octanol–water partition coefficient (Wildman–Crippen LogP) is 3.29. The van der Waals surface area contributed by atoms with Crippen molar-refractivity contribution in [1.29, 1.82) is 0 Å². The number of nitrogens with zero attached hydrogens (tertiary/aromatic N) is 3. The maximum atomic E-state index is 11.1. The minimum atomic E-state index is -0.785. The zero-order valence-electron chi connectivity index (χ0n) is 16.9. The minimum Gasteiger partial charge on any atom is -0.481 e. The van der Waals surface area contributed by atoms with Crippen LogP contribution in [0.2, 0.25) is 0 Å². The van der Waals surface area contributed by atoms with E-state index in [0.717, 1.165) is 74.2 Å². The summed E-state index contributed by atoms with van der Waals surface area (Å²) in [6, 6.07) is 0.628. The van der Waals surface area contributed by atoms with Crippen molar-refractivity contribution in [2.75, 3.05) is 26.3 Å². The average Bonchev–Trinajstić information content (AvgIpc) is 3.12. The molecule has 158 valence electrons. The molecule has 7 nitrogen and oxygen atoms in total. The van der Waals surface area contributed by atoms with Crippen molar-refractivity contribution in [2.24, 2.45) is 0 Å². The van der Waals surface area contributed by atoms with Gasteiger partial charge in [0.1, 0.15) is 17.3 Å². The topological polar surface area (TPSA) is 84.8 Å². The van der Waals surface area contributed by atoms with Gasteiger partial charge in [-0.3, -0.25) is 9.69 Å². The van der Waals surface area contributed by atoms with Crippen molar-refractivity contribution in [1.82, 2.24) is 14.9 Å². The van der Waals surface area contributed by atoms with Gasteiger partial charge in [-0.2, -0.15) is 0 Å². The second-order valence-electron chi connectivity index (χ2n) is 7.81.